The summed E-state index contributed by atoms with van der Waals surface area (Å²) in [6, 6.07) is 5.93. The monoisotopic (exact) mass is 603 g/mol. The van der Waals surface area contributed by atoms with Crippen LogP contribution in [-0.4, -0.2) is 59.2 Å². The summed E-state index contributed by atoms with van der Waals surface area (Å²) in [5.41, 5.74) is 8.24. The number of imidazole rings is 1. The van der Waals surface area contributed by atoms with Crippen molar-refractivity contribution >= 4 is 51.1 Å². The Hall–Kier alpha value is -4.39. The zero-order valence-corrected chi connectivity index (χ0v) is 23.6. The van der Waals surface area contributed by atoms with Gasteiger partial charge in [-0.25, -0.2) is 24.7 Å². The van der Waals surface area contributed by atoms with E-state index in [0.717, 1.165) is 23.1 Å². The van der Waals surface area contributed by atoms with Gasteiger partial charge < -0.3 is 16.0 Å². The lowest BCUT2D eigenvalue weighted by Crippen LogP contribution is -2.47. The van der Waals surface area contributed by atoms with E-state index in [1.165, 1.54) is 0 Å². The van der Waals surface area contributed by atoms with Crippen LogP contribution in [0.5, 0.6) is 0 Å². The number of carbonyl (C=O) groups excluding carboxylic acids is 3. The van der Waals surface area contributed by atoms with E-state index in [0.29, 0.717) is 28.2 Å². The zero-order valence-electron chi connectivity index (χ0n) is 22.0. The second-order valence-corrected chi connectivity index (χ2v) is 11.4. The summed E-state index contributed by atoms with van der Waals surface area (Å²) < 4.78 is 2.18. The van der Waals surface area contributed by atoms with Crippen molar-refractivity contribution in [2.45, 2.75) is 45.7 Å². The van der Waals surface area contributed by atoms with E-state index < -0.39 is 18.0 Å². The molecule has 4 amide bonds. The number of nitrogens with two attached hydrogens (primary N) is 1. The van der Waals surface area contributed by atoms with E-state index in [1.54, 1.807) is 53.0 Å². The Morgan fingerprint density at radius 3 is 2.52 bits per heavy atom. The molecule has 0 aromatic carbocycles. The van der Waals surface area contributed by atoms with E-state index in [-0.39, 0.29) is 29.0 Å². The van der Waals surface area contributed by atoms with Crippen LogP contribution in [0.4, 0.5) is 16.6 Å². The highest BCUT2D eigenvalue weighted by atomic mass is 79.9. The Kier molecular flexibility index (Phi) is 6.06. The Morgan fingerprint density at radius 2 is 1.80 bits per heavy atom. The molecule has 204 valence electrons. The topological polar surface area (TPSA) is 160 Å². The number of amides is 4. The van der Waals surface area contributed by atoms with Gasteiger partial charge in [0.05, 0.1) is 5.52 Å². The van der Waals surface area contributed by atoms with Gasteiger partial charge in [-0.05, 0) is 77.4 Å². The molecule has 0 radical (unpaired) electrons. The number of primary amides is 1. The van der Waals surface area contributed by atoms with Crippen LogP contribution in [0.1, 0.15) is 41.6 Å². The number of nitrogens with zero attached hydrogens (tertiary/aromatic N) is 6. The quantitative estimate of drug-likeness (QED) is 0.293. The average Bonchev–Trinajstić information content (AvgIpc) is 3.28. The molecular weight excluding hydrogens is 578 g/mol. The molecule has 4 aromatic heterocycles. The Bertz CT molecular complexity index is 1700. The molecule has 13 heteroatoms. The maximum Gasteiger partial charge on any atom is 0.325 e. The molecule has 0 bridgehead atoms. The molecule has 4 aromatic rings. The summed E-state index contributed by atoms with van der Waals surface area (Å²) in [4.78, 5) is 58.0. The molecule has 12 nitrogen and oxygen atoms in total. The Morgan fingerprint density at radius 1 is 1.05 bits per heavy atom. The number of rotatable bonds is 5. The lowest BCUT2D eigenvalue weighted by molar-refractivity contribution is -0.120. The van der Waals surface area contributed by atoms with Crippen molar-refractivity contribution in [2.24, 2.45) is 11.1 Å². The van der Waals surface area contributed by atoms with Crippen molar-refractivity contribution in [2.75, 3.05) is 10.6 Å². The summed E-state index contributed by atoms with van der Waals surface area (Å²) >= 11 is 3.33. The third-order valence-corrected chi connectivity index (χ3v) is 8.13. The maximum atomic E-state index is 13.7. The van der Waals surface area contributed by atoms with Gasteiger partial charge >= 0.3 is 6.03 Å². The van der Waals surface area contributed by atoms with Crippen molar-refractivity contribution in [1.82, 2.24) is 29.2 Å². The number of piperidine rings is 1. The third kappa shape index (κ3) is 4.45. The molecule has 1 saturated carbocycles. The lowest BCUT2D eigenvalue weighted by atomic mass is 10.0. The van der Waals surface area contributed by atoms with Gasteiger partial charge in [0.2, 0.25) is 11.9 Å². The molecule has 1 unspecified atom stereocenters. The van der Waals surface area contributed by atoms with E-state index in [9.17, 15) is 14.4 Å². The zero-order chi connectivity index (χ0) is 28.3. The smallest absolute Gasteiger partial charge is 0.325 e. The van der Waals surface area contributed by atoms with E-state index in [1.807, 2.05) is 13.0 Å². The highest BCUT2D eigenvalue weighted by molar-refractivity contribution is 9.10. The number of hydrogen-bond acceptors (Lipinski definition) is 7. The Balaban J connectivity index is 1.29. The van der Waals surface area contributed by atoms with Crippen LogP contribution >= 0.6 is 15.9 Å². The van der Waals surface area contributed by atoms with Crippen LogP contribution in [0.3, 0.4) is 0 Å². The number of anilines is 2. The van der Waals surface area contributed by atoms with Crippen LogP contribution in [0.15, 0.2) is 47.5 Å². The molecule has 1 saturated heterocycles. The van der Waals surface area contributed by atoms with Crippen LogP contribution in [-0.2, 0) is 4.79 Å². The summed E-state index contributed by atoms with van der Waals surface area (Å²) in [6.07, 6.45) is 6.40. The number of pyridine rings is 2. The summed E-state index contributed by atoms with van der Waals surface area (Å²) in [6.45, 7) is 5.71. The molecule has 3 atom stereocenters. The number of urea groups is 1. The van der Waals surface area contributed by atoms with Gasteiger partial charge in [0.1, 0.15) is 22.3 Å². The molecule has 2 aliphatic rings. The van der Waals surface area contributed by atoms with Crippen LogP contribution in [0.25, 0.3) is 16.6 Å². The molecule has 6 rings (SSSR count). The van der Waals surface area contributed by atoms with Crippen LogP contribution in [0.2, 0.25) is 0 Å². The molecule has 4 N–H and O–H groups in total. The fraction of sp³-hybridized carbons (Fsp3) is 0.296. The first kappa shape index (κ1) is 25.9. The highest BCUT2D eigenvalue weighted by Gasteiger charge is 2.64. The number of likely N-dealkylation sites (tertiary alicyclic amines) is 1. The molecule has 1 aliphatic carbocycles. The lowest BCUT2D eigenvalue weighted by Gasteiger charge is -2.26. The molecule has 1 aliphatic heterocycles. The minimum absolute atomic E-state index is 0.00774. The van der Waals surface area contributed by atoms with Gasteiger partial charge in [0.15, 0.2) is 5.69 Å². The fourth-order valence-electron chi connectivity index (χ4n) is 5.36. The fourth-order valence-corrected chi connectivity index (χ4v) is 5.67. The number of nitrogens with one attached hydrogen (secondary N) is 2. The van der Waals surface area contributed by atoms with Gasteiger partial charge in [0.25, 0.3) is 5.91 Å². The summed E-state index contributed by atoms with van der Waals surface area (Å²) in [7, 11) is 0. The first-order chi connectivity index (χ1) is 19.0. The van der Waals surface area contributed by atoms with Gasteiger partial charge in [0, 0.05) is 30.2 Å². The number of fused-ring (bicyclic) bond motifs is 2. The maximum absolute atomic E-state index is 13.7. The van der Waals surface area contributed by atoms with E-state index in [4.69, 9.17) is 5.73 Å². The van der Waals surface area contributed by atoms with Gasteiger partial charge in [-0.2, -0.15) is 0 Å². The first-order valence-corrected chi connectivity index (χ1v) is 13.5. The minimum Gasteiger partial charge on any atom is -0.364 e. The Labute approximate surface area is 237 Å². The number of hydrogen-bond donors (Lipinski definition) is 3. The van der Waals surface area contributed by atoms with Gasteiger partial charge in [-0.1, -0.05) is 13.0 Å². The first-order valence-electron chi connectivity index (χ1n) is 12.7. The minimum atomic E-state index is -0.736. The van der Waals surface area contributed by atoms with Crippen molar-refractivity contribution in [3.8, 4) is 11.1 Å². The molecule has 40 heavy (non-hydrogen) atoms. The highest BCUT2D eigenvalue weighted by Crippen LogP contribution is 2.59. The number of aromatic nitrogens is 5. The molecule has 0 spiro atoms. The summed E-state index contributed by atoms with van der Waals surface area (Å²) in [5, 5.41) is 5.70. The van der Waals surface area contributed by atoms with Crippen LogP contribution < -0.4 is 16.4 Å². The number of carbonyl (C=O) groups is 3. The third-order valence-electron chi connectivity index (χ3n) is 7.69. The average molecular weight is 604 g/mol. The standard InChI is InChI=1S/C27H26BrN9O3/c1-13-4-5-20(28)32-23(13)34-24(39)18-9-27(3)10-19(27)37(18)26(40)35-25-33-21(22(29)38)17-8-15(6-7-36(17)25)16-11-30-14(2)31-12-16/h4-8,11-12,18-19H,9-10H2,1-3H3,(H2,29,38)(H,32,34,39)(H,33,35,40)/t18-,19?,27-/m0/s1. The van der Waals surface area contributed by atoms with Crippen molar-refractivity contribution < 1.29 is 14.4 Å². The van der Waals surface area contributed by atoms with E-state index >= 15 is 0 Å². The van der Waals surface area contributed by atoms with Crippen LogP contribution in [0, 0.1) is 19.3 Å². The van der Waals surface area contributed by atoms with Gasteiger partial charge in [-0.15, -0.1) is 0 Å². The van der Waals surface area contributed by atoms with E-state index in [2.05, 4.69) is 53.4 Å². The van der Waals surface area contributed by atoms with Crippen molar-refractivity contribution in [3.63, 3.8) is 0 Å². The second kappa shape index (κ2) is 9.37. The summed E-state index contributed by atoms with van der Waals surface area (Å²) in [5.74, 6) is 0.151. The van der Waals surface area contributed by atoms with Crippen molar-refractivity contribution in [3.05, 3.63) is 64.5 Å². The number of halogens is 1. The molecule has 2 fully saturated rings. The largest absolute Gasteiger partial charge is 0.364 e. The van der Waals surface area contributed by atoms with Gasteiger partial charge in [-0.3, -0.25) is 19.3 Å². The normalized spacial score (nSPS) is 21.2. The second-order valence-electron chi connectivity index (χ2n) is 10.6. The predicted octanol–water partition coefficient (Wildman–Crippen LogP) is 3.69. The molecule has 5 heterocycles. The SMILES string of the molecule is Cc1ncc(-c2ccn3c(NC(=O)N4C5C[C@]5(C)C[C@H]4C(=O)Nc4nc(Br)ccc4C)nc(C(N)=O)c3c2)cn1. The predicted molar refractivity (Wildman–Crippen MR) is 151 cm³/mol. The molecular formula is C27H26BrN9O3. The number of aryl methyl sites for hydroxylation is 2. The van der Waals surface area contributed by atoms with Crippen molar-refractivity contribution in [1.29, 1.82) is 0 Å².